The molecular weight excluding hydrogens is 188 g/mol. The molecule has 2 bridgehead atoms. The molecule has 1 saturated heterocycles. The predicted molar refractivity (Wildman–Crippen MR) is 56.3 cm³/mol. The zero-order valence-corrected chi connectivity index (χ0v) is 9.28. The van der Waals surface area contributed by atoms with Gasteiger partial charge in [-0.1, -0.05) is 6.42 Å². The minimum atomic E-state index is -0.117. The average Bonchev–Trinajstić information content (AvgIpc) is 2.89. The van der Waals surface area contributed by atoms with Gasteiger partial charge in [0.15, 0.2) is 5.79 Å². The van der Waals surface area contributed by atoms with Gasteiger partial charge in [-0.2, -0.15) is 0 Å². The molecule has 1 heterocycles. The molecule has 2 nitrogen and oxygen atoms in total. The van der Waals surface area contributed by atoms with Crippen LogP contribution in [-0.2, 0) is 9.47 Å². The van der Waals surface area contributed by atoms with Crippen LogP contribution in [0.4, 0.5) is 0 Å². The largest absolute Gasteiger partial charge is 0.350 e. The molecular formula is C13H20O2. The monoisotopic (exact) mass is 208 g/mol. The van der Waals surface area contributed by atoms with Gasteiger partial charge in [-0.3, -0.25) is 0 Å². The fraction of sp³-hybridized carbons (Fsp3) is 1.00. The molecule has 0 radical (unpaired) electrons. The molecule has 84 valence electrons. The van der Waals surface area contributed by atoms with Gasteiger partial charge < -0.3 is 9.47 Å². The Bertz CT molecular complexity index is 270. The highest BCUT2D eigenvalue weighted by Gasteiger charge is 2.62. The molecule has 0 aromatic heterocycles. The molecule has 4 atom stereocenters. The van der Waals surface area contributed by atoms with E-state index < -0.39 is 0 Å². The summed E-state index contributed by atoms with van der Waals surface area (Å²) in [7, 11) is 0. The Morgan fingerprint density at radius 1 is 0.933 bits per heavy atom. The van der Waals surface area contributed by atoms with Crippen LogP contribution in [0.2, 0.25) is 0 Å². The van der Waals surface area contributed by atoms with Crippen molar-refractivity contribution in [1.29, 1.82) is 0 Å². The maximum atomic E-state index is 6.05. The van der Waals surface area contributed by atoms with E-state index in [0.717, 1.165) is 43.3 Å². The first-order valence-electron chi connectivity index (χ1n) is 6.67. The maximum absolute atomic E-state index is 6.05. The molecule has 4 aliphatic rings. The lowest BCUT2D eigenvalue weighted by Gasteiger charge is -2.44. The molecule has 2 heteroatoms. The van der Waals surface area contributed by atoms with E-state index >= 15 is 0 Å². The summed E-state index contributed by atoms with van der Waals surface area (Å²) in [5, 5.41) is 0. The second-order valence-corrected chi connectivity index (χ2v) is 5.93. The van der Waals surface area contributed by atoms with Gasteiger partial charge in [-0.15, -0.1) is 0 Å². The van der Waals surface area contributed by atoms with Crippen LogP contribution in [0.3, 0.4) is 0 Å². The molecule has 3 saturated carbocycles. The van der Waals surface area contributed by atoms with Crippen LogP contribution in [0, 0.1) is 23.7 Å². The predicted octanol–water partition coefficient (Wildman–Crippen LogP) is 2.58. The summed E-state index contributed by atoms with van der Waals surface area (Å²) >= 11 is 0. The minimum Gasteiger partial charge on any atom is -0.350 e. The molecule has 15 heavy (non-hydrogen) atoms. The first-order chi connectivity index (χ1) is 7.39. The minimum absolute atomic E-state index is 0.117. The standard InChI is InChI=1S/C13H20O2/c1-3-10-9-7-12(11(10)4-1)13(8-9)14-5-2-6-15-13/h9-12H,1-8H2/t9-,10-,11-,12-/m0/s1. The fourth-order valence-electron chi connectivity index (χ4n) is 4.96. The van der Waals surface area contributed by atoms with Gasteiger partial charge in [0.05, 0.1) is 13.2 Å². The van der Waals surface area contributed by atoms with Gasteiger partial charge in [-0.05, 0) is 43.4 Å². The summed E-state index contributed by atoms with van der Waals surface area (Å²) in [5.41, 5.74) is 0. The second kappa shape index (κ2) is 2.98. The van der Waals surface area contributed by atoms with Crippen molar-refractivity contribution in [3.63, 3.8) is 0 Å². The third kappa shape index (κ3) is 1.07. The Morgan fingerprint density at radius 2 is 1.73 bits per heavy atom. The topological polar surface area (TPSA) is 18.5 Å². The fourth-order valence-corrected chi connectivity index (χ4v) is 4.96. The van der Waals surface area contributed by atoms with Crippen molar-refractivity contribution >= 4 is 0 Å². The molecule has 4 fully saturated rings. The van der Waals surface area contributed by atoms with Crippen LogP contribution in [-0.4, -0.2) is 19.0 Å². The van der Waals surface area contributed by atoms with E-state index in [1.165, 1.54) is 32.1 Å². The zero-order valence-electron chi connectivity index (χ0n) is 9.28. The molecule has 1 spiro atoms. The van der Waals surface area contributed by atoms with Crippen molar-refractivity contribution in [2.75, 3.05) is 13.2 Å². The highest BCUT2D eigenvalue weighted by molar-refractivity contribution is 5.07. The third-order valence-electron chi connectivity index (χ3n) is 5.40. The molecule has 0 aromatic rings. The quantitative estimate of drug-likeness (QED) is 0.609. The third-order valence-corrected chi connectivity index (χ3v) is 5.40. The highest BCUT2D eigenvalue weighted by atomic mass is 16.7. The summed E-state index contributed by atoms with van der Waals surface area (Å²) < 4.78 is 12.1. The Morgan fingerprint density at radius 3 is 2.60 bits per heavy atom. The van der Waals surface area contributed by atoms with Gasteiger partial charge in [0.2, 0.25) is 0 Å². The van der Waals surface area contributed by atoms with Crippen molar-refractivity contribution in [2.45, 2.75) is 44.3 Å². The van der Waals surface area contributed by atoms with E-state index in [1.54, 1.807) is 0 Å². The molecule has 3 aliphatic carbocycles. The van der Waals surface area contributed by atoms with Crippen LogP contribution in [0.25, 0.3) is 0 Å². The average molecular weight is 208 g/mol. The normalized spacial score (nSPS) is 51.2. The van der Waals surface area contributed by atoms with Crippen LogP contribution in [0.15, 0.2) is 0 Å². The summed E-state index contributed by atoms with van der Waals surface area (Å²) in [6.45, 7) is 1.86. The van der Waals surface area contributed by atoms with E-state index in [2.05, 4.69) is 0 Å². The van der Waals surface area contributed by atoms with Crippen molar-refractivity contribution in [1.82, 2.24) is 0 Å². The van der Waals surface area contributed by atoms with Crippen molar-refractivity contribution in [2.24, 2.45) is 23.7 Å². The molecule has 0 amide bonds. The van der Waals surface area contributed by atoms with E-state index in [4.69, 9.17) is 9.47 Å². The summed E-state index contributed by atoms with van der Waals surface area (Å²) in [4.78, 5) is 0. The Balaban J connectivity index is 1.64. The van der Waals surface area contributed by atoms with Crippen molar-refractivity contribution in [3.8, 4) is 0 Å². The SMILES string of the molecule is C1COC2(C[C@@H]3C[C@H]2[C@H]2CCC[C@@H]32)OC1. The zero-order chi connectivity index (χ0) is 9.88. The van der Waals surface area contributed by atoms with Crippen LogP contribution in [0.5, 0.6) is 0 Å². The first kappa shape index (κ1) is 9.00. The highest BCUT2D eigenvalue weighted by Crippen LogP contribution is 2.64. The molecule has 1 aliphatic heterocycles. The Labute approximate surface area is 91.3 Å². The number of fused-ring (bicyclic) bond motifs is 6. The number of rotatable bonds is 0. The molecule has 0 aromatic carbocycles. The van der Waals surface area contributed by atoms with E-state index in [0.29, 0.717) is 0 Å². The van der Waals surface area contributed by atoms with Gasteiger partial charge >= 0.3 is 0 Å². The molecule has 0 unspecified atom stereocenters. The van der Waals surface area contributed by atoms with E-state index in [-0.39, 0.29) is 5.79 Å². The second-order valence-electron chi connectivity index (χ2n) is 5.93. The van der Waals surface area contributed by atoms with Gasteiger partial charge in [0.1, 0.15) is 0 Å². The Kier molecular flexibility index (Phi) is 1.79. The van der Waals surface area contributed by atoms with Crippen LogP contribution < -0.4 is 0 Å². The van der Waals surface area contributed by atoms with Gasteiger partial charge in [0.25, 0.3) is 0 Å². The van der Waals surface area contributed by atoms with Crippen molar-refractivity contribution in [3.05, 3.63) is 0 Å². The molecule has 0 N–H and O–H groups in total. The van der Waals surface area contributed by atoms with Gasteiger partial charge in [-0.25, -0.2) is 0 Å². The van der Waals surface area contributed by atoms with Crippen LogP contribution in [0.1, 0.15) is 38.5 Å². The summed E-state index contributed by atoms with van der Waals surface area (Å²) in [6, 6.07) is 0. The van der Waals surface area contributed by atoms with E-state index in [9.17, 15) is 0 Å². The summed E-state index contributed by atoms with van der Waals surface area (Å²) in [6.07, 6.45) is 8.09. The first-order valence-corrected chi connectivity index (χ1v) is 6.67. The number of hydrogen-bond acceptors (Lipinski definition) is 2. The molecule has 4 rings (SSSR count). The number of ether oxygens (including phenoxy) is 2. The summed E-state index contributed by atoms with van der Waals surface area (Å²) in [5.74, 6) is 3.54. The number of hydrogen-bond donors (Lipinski definition) is 0. The van der Waals surface area contributed by atoms with Gasteiger partial charge in [0, 0.05) is 12.3 Å². The van der Waals surface area contributed by atoms with E-state index in [1.807, 2.05) is 0 Å². The lowest BCUT2D eigenvalue weighted by atomic mass is 9.78. The van der Waals surface area contributed by atoms with Crippen molar-refractivity contribution < 1.29 is 9.47 Å². The smallest absolute Gasteiger partial charge is 0.171 e. The van der Waals surface area contributed by atoms with Crippen LogP contribution >= 0.6 is 0 Å². The lowest BCUT2D eigenvalue weighted by Crippen LogP contribution is -2.48. The maximum Gasteiger partial charge on any atom is 0.171 e. The Hall–Kier alpha value is -0.0800. The lowest BCUT2D eigenvalue weighted by molar-refractivity contribution is -0.299.